The van der Waals surface area contributed by atoms with E-state index in [4.69, 9.17) is 9.47 Å². The molecule has 3 aliphatic rings. The fraction of sp³-hybridized carbons (Fsp3) is 0.500. The van der Waals surface area contributed by atoms with E-state index in [2.05, 4.69) is 15.5 Å². The molecule has 2 amide bonds. The van der Waals surface area contributed by atoms with Crippen molar-refractivity contribution in [3.05, 3.63) is 35.5 Å². The van der Waals surface area contributed by atoms with Crippen LogP contribution in [0.3, 0.4) is 0 Å². The van der Waals surface area contributed by atoms with Gasteiger partial charge >= 0.3 is 6.03 Å². The molecule has 7 heteroatoms. The molecule has 3 aliphatic heterocycles. The summed E-state index contributed by atoms with van der Waals surface area (Å²) in [6.45, 7) is 4.64. The van der Waals surface area contributed by atoms with Crippen LogP contribution in [0.2, 0.25) is 0 Å². The predicted molar refractivity (Wildman–Crippen MR) is 100 cm³/mol. The van der Waals surface area contributed by atoms with Gasteiger partial charge in [0.25, 0.3) is 0 Å². The van der Waals surface area contributed by atoms with Crippen LogP contribution in [0.25, 0.3) is 11.3 Å². The van der Waals surface area contributed by atoms with Crippen LogP contribution in [-0.2, 0) is 22.5 Å². The van der Waals surface area contributed by atoms with Gasteiger partial charge in [0.15, 0.2) is 0 Å². The number of amides is 2. The first-order chi connectivity index (χ1) is 13.2. The molecular weight excluding hydrogens is 344 g/mol. The number of nitrogens with zero attached hydrogens (tertiary/aromatic N) is 2. The standard InChI is InChI=1S/C20H24N4O3/c25-19(24-12-20(13-24)6-9-26-10-7-20)21-15-3-1-14(2-4-15)18-16-11-27-8-5-17(16)22-23-18/h1-4H,5-13H2,(H,21,25)(H,22,23). The molecule has 2 aromatic rings. The van der Waals surface area contributed by atoms with Crippen molar-refractivity contribution in [1.29, 1.82) is 0 Å². The summed E-state index contributed by atoms with van der Waals surface area (Å²) in [5.74, 6) is 0. The van der Waals surface area contributed by atoms with Crippen molar-refractivity contribution in [2.24, 2.45) is 5.41 Å². The van der Waals surface area contributed by atoms with Gasteiger partial charge in [-0.2, -0.15) is 5.10 Å². The fourth-order valence-corrected chi connectivity index (χ4v) is 4.29. The second-order valence-electron chi connectivity index (χ2n) is 7.81. The van der Waals surface area contributed by atoms with Gasteiger partial charge in [-0.3, -0.25) is 5.10 Å². The molecule has 0 bridgehead atoms. The first-order valence-corrected chi connectivity index (χ1v) is 9.60. The van der Waals surface area contributed by atoms with Crippen molar-refractivity contribution in [3.63, 3.8) is 0 Å². The lowest BCUT2D eigenvalue weighted by molar-refractivity contribution is -0.0596. The normalized spacial score (nSPS) is 20.8. The molecule has 0 radical (unpaired) electrons. The van der Waals surface area contributed by atoms with E-state index in [-0.39, 0.29) is 6.03 Å². The predicted octanol–water partition coefficient (Wildman–Crippen LogP) is 2.79. The van der Waals surface area contributed by atoms with E-state index < -0.39 is 0 Å². The highest BCUT2D eigenvalue weighted by atomic mass is 16.5. The summed E-state index contributed by atoms with van der Waals surface area (Å²) < 4.78 is 11.0. The summed E-state index contributed by atoms with van der Waals surface area (Å²) in [7, 11) is 0. The zero-order chi connectivity index (χ0) is 18.3. The molecule has 5 rings (SSSR count). The molecule has 1 aromatic heterocycles. The maximum absolute atomic E-state index is 12.5. The summed E-state index contributed by atoms with van der Waals surface area (Å²) >= 11 is 0. The molecule has 0 saturated carbocycles. The number of aromatic amines is 1. The molecule has 0 atom stereocenters. The summed E-state index contributed by atoms with van der Waals surface area (Å²) in [6.07, 6.45) is 2.99. The van der Waals surface area contributed by atoms with Crippen LogP contribution in [-0.4, -0.2) is 54.0 Å². The number of likely N-dealkylation sites (tertiary alicyclic amines) is 1. The van der Waals surface area contributed by atoms with E-state index >= 15 is 0 Å². The Morgan fingerprint density at radius 2 is 1.89 bits per heavy atom. The molecule has 7 nitrogen and oxygen atoms in total. The van der Waals surface area contributed by atoms with Gasteiger partial charge in [0.1, 0.15) is 0 Å². The van der Waals surface area contributed by atoms with Crippen molar-refractivity contribution in [1.82, 2.24) is 15.1 Å². The van der Waals surface area contributed by atoms with Crippen LogP contribution >= 0.6 is 0 Å². The average molecular weight is 368 g/mol. The van der Waals surface area contributed by atoms with Crippen LogP contribution in [0.4, 0.5) is 10.5 Å². The van der Waals surface area contributed by atoms with Crippen molar-refractivity contribution in [2.45, 2.75) is 25.9 Å². The van der Waals surface area contributed by atoms with E-state index in [1.807, 2.05) is 29.2 Å². The zero-order valence-electron chi connectivity index (χ0n) is 15.3. The summed E-state index contributed by atoms with van der Waals surface area (Å²) in [6, 6.07) is 7.84. The molecule has 1 aromatic carbocycles. The number of urea groups is 1. The van der Waals surface area contributed by atoms with Gasteiger partial charge in [0.05, 0.1) is 18.9 Å². The second kappa shape index (κ2) is 6.65. The smallest absolute Gasteiger partial charge is 0.321 e. The van der Waals surface area contributed by atoms with Crippen LogP contribution in [0.5, 0.6) is 0 Å². The number of nitrogens with one attached hydrogen (secondary N) is 2. The first kappa shape index (κ1) is 16.8. The van der Waals surface area contributed by atoms with Crippen molar-refractivity contribution >= 4 is 11.7 Å². The summed E-state index contributed by atoms with van der Waals surface area (Å²) in [5, 5.41) is 10.6. The number of aromatic nitrogens is 2. The molecule has 2 N–H and O–H groups in total. The number of anilines is 1. The lowest BCUT2D eigenvalue weighted by Crippen LogP contribution is -2.61. The number of hydrogen-bond donors (Lipinski definition) is 2. The number of H-pyrrole nitrogens is 1. The molecule has 4 heterocycles. The third kappa shape index (κ3) is 3.11. The lowest BCUT2D eigenvalue weighted by atomic mass is 9.73. The molecule has 27 heavy (non-hydrogen) atoms. The Labute approximate surface area is 158 Å². The van der Waals surface area contributed by atoms with Gasteiger partial charge in [-0.1, -0.05) is 12.1 Å². The zero-order valence-corrected chi connectivity index (χ0v) is 15.3. The summed E-state index contributed by atoms with van der Waals surface area (Å²) in [4.78, 5) is 14.4. The number of fused-ring (bicyclic) bond motifs is 1. The van der Waals surface area contributed by atoms with Crippen molar-refractivity contribution < 1.29 is 14.3 Å². The Kier molecular flexibility index (Phi) is 4.13. The Balaban J connectivity index is 1.22. The third-order valence-corrected chi connectivity index (χ3v) is 6.00. The quantitative estimate of drug-likeness (QED) is 0.854. The number of carbonyl (C=O) groups is 1. The Bertz CT molecular complexity index is 831. The molecule has 142 valence electrons. The maximum Gasteiger partial charge on any atom is 0.321 e. The molecular formula is C20H24N4O3. The maximum atomic E-state index is 12.5. The molecule has 2 fully saturated rings. The Hall–Kier alpha value is -2.38. The van der Waals surface area contributed by atoms with Gasteiger partial charge in [-0.15, -0.1) is 0 Å². The number of benzene rings is 1. The van der Waals surface area contributed by atoms with Gasteiger partial charge in [-0.05, 0) is 25.0 Å². The van der Waals surface area contributed by atoms with Crippen molar-refractivity contribution in [2.75, 3.05) is 38.2 Å². The SMILES string of the molecule is O=C(Nc1ccc(-c2n[nH]c3c2COCC3)cc1)N1CC2(CCOCC2)C1. The third-order valence-electron chi connectivity index (χ3n) is 6.00. The molecule has 1 spiro atoms. The van der Waals surface area contributed by atoms with E-state index in [1.54, 1.807) is 0 Å². The minimum atomic E-state index is -0.0228. The van der Waals surface area contributed by atoms with Crippen molar-refractivity contribution in [3.8, 4) is 11.3 Å². The van der Waals surface area contributed by atoms with Crippen LogP contribution in [0.1, 0.15) is 24.1 Å². The molecule has 0 unspecified atom stereocenters. The minimum absolute atomic E-state index is 0.0228. The van der Waals surface area contributed by atoms with Gasteiger partial charge in [-0.25, -0.2) is 4.79 Å². The number of rotatable bonds is 2. The van der Waals surface area contributed by atoms with E-state index in [0.29, 0.717) is 12.0 Å². The van der Waals surface area contributed by atoms with E-state index in [0.717, 1.165) is 80.4 Å². The van der Waals surface area contributed by atoms with E-state index in [1.165, 1.54) is 0 Å². The van der Waals surface area contributed by atoms with Gasteiger partial charge in [0, 0.05) is 60.6 Å². The van der Waals surface area contributed by atoms with Crippen LogP contribution in [0.15, 0.2) is 24.3 Å². The number of ether oxygens (including phenoxy) is 2. The van der Waals surface area contributed by atoms with E-state index in [9.17, 15) is 4.79 Å². The monoisotopic (exact) mass is 368 g/mol. The highest BCUT2D eigenvalue weighted by Crippen LogP contribution is 2.40. The second-order valence-corrected chi connectivity index (χ2v) is 7.81. The Morgan fingerprint density at radius 3 is 2.67 bits per heavy atom. The van der Waals surface area contributed by atoms with Gasteiger partial charge < -0.3 is 19.7 Å². The largest absolute Gasteiger partial charge is 0.381 e. The van der Waals surface area contributed by atoms with Gasteiger partial charge in [0.2, 0.25) is 0 Å². The first-order valence-electron chi connectivity index (χ1n) is 9.60. The molecule has 0 aliphatic carbocycles. The van der Waals surface area contributed by atoms with Crippen LogP contribution in [0, 0.1) is 5.41 Å². The highest BCUT2D eigenvalue weighted by molar-refractivity contribution is 5.90. The Morgan fingerprint density at radius 1 is 1.11 bits per heavy atom. The topological polar surface area (TPSA) is 79.5 Å². The number of hydrogen-bond acceptors (Lipinski definition) is 4. The fourth-order valence-electron chi connectivity index (χ4n) is 4.29. The summed E-state index contributed by atoms with van der Waals surface area (Å²) in [5.41, 5.74) is 5.36. The molecule has 2 saturated heterocycles. The average Bonchev–Trinajstić information content (AvgIpc) is 3.11. The minimum Gasteiger partial charge on any atom is -0.381 e. The number of carbonyl (C=O) groups excluding carboxylic acids is 1. The highest BCUT2D eigenvalue weighted by Gasteiger charge is 2.45. The lowest BCUT2D eigenvalue weighted by Gasteiger charge is -2.51. The van der Waals surface area contributed by atoms with Crippen LogP contribution < -0.4 is 5.32 Å².